The van der Waals surface area contributed by atoms with Gasteiger partial charge < -0.3 is 4.74 Å². The van der Waals surface area contributed by atoms with Crippen molar-refractivity contribution in [2.45, 2.75) is 13.2 Å². The zero-order chi connectivity index (χ0) is 7.33. The quantitative estimate of drug-likeness (QED) is 0.435. The highest BCUT2D eigenvalue weighted by Gasteiger charge is 2.30. The Labute approximate surface area is 52.1 Å². The fourth-order valence-corrected chi connectivity index (χ4v) is 0.299. The van der Waals surface area contributed by atoms with Crippen LogP contribution in [0.1, 0.15) is 6.92 Å². The van der Waals surface area contributed by atoms with Crippen LogP contribution in [0, 0.1) is 0 Å². The van der Waals surface area contributed by atoms with Crippen LogP contribution in [0.2, 0.25) is 0 Å². The first-order chi connectivity index (χ1) is 4.12. The molecule has 0 bridgehead atoms. The number of rotatable bonds is 4. The third kappa shape index (κ3) is 3.90. The second kappa shape index (κ2) is 3.40. The average Bonchev–Trinajstić information content (AvgIpc) is 1.64. The SMILES string of the molecule is C=COC(F)(F)OCC. The molecule has 0 aromatic rings. The van der Waals surface area contributed by atoms with E-state index in [1.165, 1.54) is 6.92 Å². The molecule has 0 aromatic heterocycles. The van der Waals surface area contributed by atoms with Gasteiger partial charge in [-0.15, -0.1) is 8.78 Å². The molecule has 54 valence electrons. The molecule has 4 heteroatoms. The van der Waals surface area contributed by atoms with Crippen molar-refractivity contribution in [1.82, 2.24) is 0 Å². The molecule has 0 fully saturated rings. The molecule has 0 aliphatic rings. The standard InChI is InChI=1S/C5H8F2O2/c1-3-8-5(6,7)9-4-2/h3H,1,4H2,2H3. The predicted octanol–water partition coefficient (Wildman–Crippen LogP) is 1.73. The maximum absolute atomic E-state index is 11.9. The second-order valence-corrected chi connectivity index (χ2v) is 1.18. The van der Waals surface area contributed by atoms with Crippen LogP contribution in [-0.4, -0.2) is 12.9 Å². The average molecular weight is 138 g/mol. The summed E-state index contributed by atoms with van der Waals surface area (Å²) in [6.45, 7) is 4.29. The summed E-state index contributed by atoms with van der Waals surface area (Å²) in [7, 11) is 0. The highest BCUT2D eigenvalue weighted by atomic mass is 19.3. The maximum atomic E-state index is 11.9. The molecule has 9 heavy (non-hydrogen) atoms. The summed E-state index contributed by atoms with van der Waals surface area (Å²) in [5.41, 5.74) is 0. The summed E-state index contributed by atoms with van der Waals surface area (Å²) in [5.74, 6) is 0. The van der Waals surface area contributed by atoms with E-state index >= 15 is 0 Å². The van der Waals surface area contributed by atoms with Gasteiger partial charge in [-0.05, 0) is 6.92 Å². The van der Waals surface area contributed by atoms with Crippen LogP contribution in [0.4, 0.5) is 8.78 Å². The van der Waals surface area contributed by atoms with E-state index < -0.39 is 6.29 Å². The van der Waals surface area contributed by atoms with E-state index in [9.17, 15) is 8.78 Å². The molecular weight excluding hydrogens is 130 g/mol. The van der Waals surface area contributed by atoms with E-state index in [1.54, 1.807) is 0 Å². The lowest BCUT2D eigenvalue weighted by atomic mass is 10.9. The normalized spacial score (nSPS) is 11.0. The summed E-state index contributed by atoms with van der Waals surface area (Å²) in [6.07, 6.45) is -2.88. The van der Waals surface area contributed by atoms with Gasteiger partial charge in [-0.2, -0.15) is 0 Å². The van der Waals surface area contributed by atoms with Crippen molar-refractivity contribution in [3.63, 3.8) is 0 Å². The van der Waals surface area contributed by atoms with Crippen molar-refractivity contribution in [3.8, 4) is 0 Å². The zero-order valence-electron chi connectivity index (χ0n) is 5.06. The topological polar surface area (TPSA) is 18.5 Å². The van der Waals surface area contributed by atoms with Crippen LogP contribution in [-0.2, 0) is 9.47 Å². The van der Waals surface area contributed by atoms with Gasteiger partial charge in [0.2, 0.25) is 0 Å². The third-order valence-corrected chi connectivity index (χ3v) is 0.533. The Morgan fingerprint density at radius 2 is 2.22 bits per heavy atom. The van der Waals surface area contributed by atoms with Gasteiger partial charge in [0.15, 0.2) is 0 Å². The number of hydrogen-bond donors (Lipinski definition) is 0. The maximum Gasteiger partial charge on any atom is 0.534 e. The van der Waals surface area contributed by atoms with Crippen molar-refractivity contribution in [2.75, 3.05) is 6.61 Å². The van der Waals surface area contributed by atoms with E-state index in [-0.39, 0.29) is 6.61 Å². The molecule has 0 saturated heterocycles. The van der Waals surface area contributed by atoms with E-state index in [0.717, 1.165) is 0 Å². The van der Waals surface area contributed by atoms with Crippen LogP contribution in [0.25, 0.3) is 0 Å². The predicted molar refractivity (Wildman–Crippen MR) is 27.9 cm³/mol. The molecule has 0 aliphatic heterocycles. The third-order valence-electron chi connectivity index (χ3n) is 0.533. The fraction of sp³-hybridized carbons (Fsp3) is 0.600. The number of hydrogen-bond acceptors (Lipinski definition) is 2. The first kappa shape index (κ1) is 8.36. The van der Waals surface area contributed by atoms with Gasteiger partial charge in [0.25, 0.3) is 0 Å². The highest BCUT2D eigenvalue weighted by Crippen LogP contribution is 2.16. The molecule has 0 aliphatic carbocycles. The second-order valence-electron chi connectivity index (χ2n) is 1.18. The summed E-state index contributed by atoms with van der Waals surface area (Å²) < 4.78 is 31.3. The smallest absolute Gasteiger partial charge is 0.418 e. The number of halogens is 2. The summed E-state index contributed by atoms with van der Waals surface area (Å²) >= 11 is 0. The Morgan fingerprint density at radius 3 is 2.56 bits per heavy atom. The van der Waals surface area contributed by atoms with Crippen LogP contribution in [0.5, 0.6) is 0 Å². The molecular formula is C5H8F2O2. The zero-order valence-corrected chi connectivity index (χ0v) is 5.06. The summed E-state index contributed by atoms with van der Waals surface area (Å²) in [6, 6.07) is 0. The number of alkyl halides is 2. The molecule has 0 spiro atoms. The van der Waals surface area contributed by atoms with Crippen LogP contribution < -0.4 is 0 Å². The van der Waals surface area contributed by atoms with Gasteiger partial charge in [-0.1, -0.05) is 6.58 Å². The van der Waals surface area contributed by atoms with E-state index in [2.05, 4.69) is 16.1 Å². The molecule has 0 heterocycles. The molecule has 0 atom stereocenters. The van der Waals surface area contributed by atoms with Crippen molar-refractivity contribution in [3.05, 3.63) is 12.8 Å². The molecule has 0 amide bonds. The monoisotopic (exact) mass is 138 g/mol. The van der Waals surface area contributed by atoms with Crippen LogP contribution >= 0.6 is 0 Å². The minimum absolute atomic E-state index is 0.0964. The Bertz CT molecular complexity index is 93.0. The van der Waals surface area contributed by atoms with Crippen LogP contribution in [0.3, 0.4) is 0 Å². The van der Waals surface area contributed by atoms with Crippen molar-refractivity contribution in [2.24, 2.45) is 0 Å². The molecule has 0 radical (unpaired) electrons. The summed E-state index contributed by atoms with van der Waals surface area (Å²) in [5, 5.41) is 0. The number of ether oxygens (including phenoxy) is 2. The lowest BCUT2D eigenvalue weighted by Crippen LogP contribution is -2.21. The van der Waals surface area contributed by atoms with Crippen LogP contribution in [0.15, 0.2) is 12.8 Å². The van der Waals surface area contributed by atoms with Crippen molar-refractivity contribution < 1.29 is 18.3 Å². The first-order valence-electron chi connectivity index (χ1n) is 2.43. The lowest BCUT2D eigenvalue weighted by molar-refractivity contribution is -0.370. The van der Waals surface area contributed by atoms with Gasteiger partial charge in [-0.3, -0.25) is 4.74 Å². The Hall–Kier alpha value is -0.640. The Kier molecular flexibility index (Phi) is 3.16. The Morgan fingerprint density at radius 1 is 1.67 bits per heavy atom. The summed E-state index contributed by atoms with van der Waals surface area (Å²) in [4.78, 5) is 0. The van der Waals surface area contributed by atoms with Crippen molar-refractivity contribution in [1.29, 1.82) is 0 Å². The van der Waals surface area contributed by atoms with Gasteiger partial charge in [0, 0.05) is 0 Å². The van der Waals surface area contributed by atoms with E-state index in [0.29, 0.717) is 6.26 Å². The largest absolute Gasteiger partial charge is 0.534 e. The molecule has 0 saturated carbocycles. The molecule has 2 nitrogen and oxygen atoms in total. The Balaban J connectivity index is 3.55. The fourth-order valence-electron chi connectivity index (χ4n) is 0.299. The molecule has 0 unspecified atom stereocenters. The molecule has 0 N–H and O–H groups in total. The van der Waals surface area contributed by atoms with Gasteiger partial charge in [0.05, 0.1) is 12.9 Å². The molecule has 0 aromatic carbocycles. The van der Waals surface area contributed by atoms with Crippen molar-refractivity contribution >= 4 is 0 Å². The minimum atomic E-state index is -3.52. The van der Waals surface area contributed by atoms with Gasteiger partial charge >= 0.3 is 6.29 Å². The lowest BCUT2D eigenvalue weighted by Gasteiger charge is -2.12. The highest BCUT2D eigenvalue weighted by molar-refractivity contribution is 4.50. The first-order valence-corrected chi connectivity index (χ1v) is 2.43. The van der Waals surface area contributed by atoms with E-state index in [1.807, 2.05) is 0 Å². The molecule has 0 rings (SSSR count). The van der Waals surface area contributed by atoms with Gasteiger partial charge in [-0.25, -0.2) is 0 Å². The van der Waals surface area contributed by atoms with E-state index in [4.69, 9.17) is 0 Å². The minimum Gasteiger partial charge on any atom is -0.418 e. The van der Waals surface area contributed by atoms with Gasteiger partial charge in [0.1, 0.15) is 0 Å².